The second-order valence-corrected chi connectivity index (χ2v) is 7.59. The molecule has 0 unspecified atom stereocenters. The zero-order valence-electron chi connectivity index (χ0n) is 16.6. The number of hydrogen-bond acceptors (Lipinski definition) is 3. The zero-order chi connectivity index (χ0) is 20.2. The molecule has 1 N–H and O–H groups in total. The second kappa shape index (κ2) is 8.43. The van der Waals surface area contributed by atoms with Crippen LogP contribution in [0.2, 0.25) is 0 Å². The maximum absolute atomic E-state index is 12.7. The fourth-order valence-corrected chi connectivity index (χ4v) is 3.89. The molecule has 0 atom stereocenters. The summed E-state index contributed by atoms with van der Waals surface area (Å²) in [5.74, 6) is 0.646. The van der Waals surface area contributed by atoms with E-state index in [1.54, 1.807) is 12.3 Å². The Morgan fingerprint density at radius 2 is 2.07 bits per heavy atom. The molecule has 0 saturated heterocycles. The quantitative estimate of drug-likeness (QED) is 0.810. The van der Waals surface area contributed by atoms with Gasteiger partial charge in [0.2, 0.25) is 11.8 Å². The molecule has 1 aromatic carbocycles. The van der Waals surface area contributed by atoms with Crippen LogP contribution in [-0.4, -0.2) is 34.8 Å². The lowest BCUT2D eigenvalue weighted by Crippen LogP contribution is -2.29. The Hall–Kier alpha value is -3.21. The molecule has 2 amide bonds. The Kier molecular flexibility index (Phi) is 5.56. The Morgan fingerprint density at radius 3 is 2.93 bits per heavy atom. The molecular formula is C24H25N3O2. The van der Waals surface area contributed by atoms with Crippen molar-refractivity contribution in [2.24, 2.45) is 0 Å². The van der Waals surface area contributed by atoms with E-state index in [2.05, 4.69) is 47.6 Å². The predicted molar refractivity (Wildman–Crippen MR) is 115 cm³/mol. The van der Waals surface area contributed by atoms with Crippen molar-refractivity contribution in [2.45, 2.75) is 32.6 Å². The van der Waals surface area contributed by atoms with Gasteiger partial charge in [-0.05, 0) is 66.2 Å². The molecule has 0 aliphatic carbocycles. The van der Waals surface area contributed by atoms with Crippen molar-refractivity contribution in [3.8, 4) is 0 Å². The third-order valence-corrected chi connectivity index (χ3v) is 5.52. The third-order valence-electron chi connectivity index (χ3n) is 5.52. The number of pyridine rings is 1. The summed E-state index contributed by atoms with van der Waals surface area (Å²) in [6, 6.07) is 10.4. The summed E-state index contributed by atoms with van der Waals surface area (Å²) in [7, 11) is 0. The summed E-state index contributed by atoms with van der Waals surface area (Å²) in [4.78, 5) is 30.3. The van der Waals surface area contributed by atoms with E-state index in [4.69, 9.17) is 0 Å². The van der Waals surface area contributed by atoms with E-state index in [0.29, 0.717) is 25.2 Å². The van der Waals surface area contributed by atoms with E-state index in [9.17, 15) is 9.59 Å². The van der Waals surface area contributed by atoms with E-state index < -0.39 is 0 Å². The van der Waals surface area contributed by atoms with Crippen LogP contribution in [0.5, 0.6) is 0 Å². The molecule has 0 bridgehead atoms. The molecule has 5 nitrogen and oxygen atoms in total. The highest BCUT2D eigenvalue weighted by molar-refractivity contribution is 5.94. The number of amides is 2. The topological polar surface area (TPSA) is 62.3 Å². The molecular weight excluding hydrogens is 362 g/mol. The largest absolute Gasteiger partial charge is 0.335 e. The maximum Gasteiger partial charge on any atom is 0.246 e. The lowest BCUT2D eigenvalue weighted by atomic mass is 9.97. The summed E-state index contributed by atoms with van der Waals surface area (Å²) in [5.41, 5.74) is 5.77. The van der Waals surface area contributed by atoms with Crippen molar-refractivity contribution < 1.29 is 9.59 Å². The van der Waals surface area contributed by atoms with Gasteiger partial charge in [0.1, 0.15) is 5.82 Å². The van der Waals surface area contributed by atoms with Crippen LogP contribution in [0.3, 0.4) is 0 Å². The van der Waals surface area contributed by atoms with E-state index in [0.717, 1.165) is 30.5 Å². The number of rotatable bonds is 3. The first kappa shape index (κ1) is 19.1. The van der Waals surface area contributed by atoms with Gasteiger partial charge in [0.05, 0.1) is 0 Å². The summed E-state index contributed by atoms with van der Waals surface area (Å²) in [6.07, 6.45) is 10.4. The monoisotopic (exact) mass is 387 g/mol. The molecule has 3 heterocycles. The highest BCUT2D eigenvalue weighted by Gasteiger charge is 2.17. The van der Waals surface area contributed by atoms with Gasteiger partial charge in [-0.2, -0.15) is 0 Å². The highest BCUT2D eigenvalue weighted by atomic mass is 16.2. The van der Waals surface area contributed by atoms with Gasteiger partial charge in [-0.25, -0.2) is 4.98 Å². The normalized spacial score (nSPS) is 16.8. The lowest BCUT2D eigenvalue weighted by Gasteiger charge is -2.17. The van der Waals surface area contributed by atoms with Crippen molar-refractivity contribution in [2.75, 3.05) is 18.4 Å². The third kappa shape index (κ3) is 4.45. The first-order chi connectivity index (χ1) is 14.1. The minimum absolute atomic E-state index is 0.00255. The molecule has 0 radical (unpaired) electrons. The van der Waals surface area contributed by atoms with Crippen molar-refractivity contribution in [3.05, 3.63) is 70.9 Å². The summed E-state index contributed by atoms with van der Waals surface area (Å²) < 4.78 is 0. The first-order valence-electron chi connectivity index (χ1n) is 10.1. The van der Waals surface area contributed by atoms with Crippen LogP contribution < -0.4 is 5.32 Å². The van der Waals surface area contributed by atoms with Crippen LogP contribution in [0.4, 0.5) is 5.82 Å². The maximum atomic E-state index is 12.7. The minimum Gasteiger partial charge on any atom is -0.335 e. The number of nitrogens with zero attached hydrogens (tertiary/aromatic N) is 2. The van der Waals surface area contributed by atoms with Crippen LogP contribution in [-0.2, 0) is 16.0 Å². The standard InChI is InChI=1S/C24H25N3O2/c1-17-5-2-3-7-21(17)19-6-4-13-27(14-12-19)23(29)11-8-18-15-20-9-10-22(28)26-24(20)25-16-18/h2-3,5,7-8,11-12,15-16H,4,6,9-10,13-14H2,1H3,(H,25,26,28)/b11-8+. The van der Waals surface area contributed by atoms with E-state index in [1.807, 2.05) is 17.0 Å². The summed E-state index contributed by atoms with van der Waals surface area (Å²) >= 11 is 0. The Bertz CT molecular complexity index is 1010. The van der Waals surface area contributed by atoms with Gasteiger partial charge < -0.3 is 10.2 Å². The SMILES string of the molecule is Cc1ccccc1C1=CCN(C(=O)/C=C/c2cnc3c(c2)CCC(=O)N3)CCC1. The number of fused-ring (bicyclic) bond motifs is 1. The van der Waals surface area contributed by atoms with Gasteiger partial charge in [0.15, 0.2) is 0 Å². The average molecular weight is 387 g/mol. The number of aryl methyl sites for hydroxylation is 2. The van der Waals surface area contributed by atoms with Gasteiger partial charge in [0, 0.05) is 31.8 Å². The van der Waals surface area contributed by atoms with Crippen molar-refractivity contribution in [3.63, 3.8) is 0 Å². The molecule has 5 heteroatoms. The van der Waals surface area contributed by atoms with Crippen molar-refractivity contribution in [1.29, 1.82) is 0 Å². The van der Waals surface area contributed by atoms with E-state index in [-0.39, 0.29) is 11.8 Å². The number of benzene rings is 1. The molecule has 4 rings (SSSR count). The number of carbonyl (C=O) groups is 2. The number of anilines is 1. The highest BCUT2D eigenvalue weighted by Crippen LogP contribution is 2.25. The lowest BCUT2D eigenvalue weighted by molar-refractivity contribution is -0.125. The Labute approximate surface area is 171 Å². The van der Waals surface area contributed by atoms with Crippen molar-refractivity contribution >= 4 is 29.3 Å². The number of carbonyl (C=O) groups excluding carboxylic acids is 2. The van der Waals surface area contributed by atoms with Crippen LogP contribution in [0.15, 0.2) is 48.7 Å². The van der Waals surface area contributed by atoms with Crippen LogP contribution in [0.25, 0.3) is 11.6 Å². The van der Waals surface area contributed by atoms with Gasteiger partial charge in [0.25, 0.3) is 0 Å². The van der Waals surface area contributed by atoms with Crippen LogP contribution >= 0.6 is 0 Å². The number of aromatic nitrogens is 1. The second-order valence-electron chi connectivity index (χ2n) is 7.59. The molecule has 2 aromatic rings. The fraction of sp³-hybridized carbons (Fsp3) is 0.292. The minimum atomic E-state index is 0.00255. The molecule has 0 saturated carbocycles. The molecule has 29 heavy (non-hydrogen) atoms. The zero-order valence-corrected chi connectivity index (χ0v) is 16.6. The Balaban J connectivity index is 1.43. The Morgan fingerprint density at radius 1 is 1.21 bits per heavy atom. The van der Waals surface area contributed by atoms with Gasteiger partial charge >= 0.3 is 0 Å². The molecule has 0 fully saturated rings. The average Bonchev–Trinajstić information content (AvgIpc) is 2.98. The van der Waals surface area contributed by atoms with Crippen molar-refractivity contribution in [1.82, 2.24) is 9.88 Å². The van der Waals surface area contributed by atoms with E-state index in [1.165, 1.54) is 16.7 Å². The van der Waals surface area contributed by atoms with Gasteiger partial charge in [-0.15, -0.1) is 0 Å². The summed E-state index contributed by atoms with van der Waals surface area (Å²) in [5, 5.41) is 2.78. The van der Waals surface area contributed by atoms with Crippen LogP contribution in [0, 0.1) is 6.92 Å². The van der Waals surface area contributed by atoms with E-state index >= 15 is 0 Å². The number of nitrogens with one attached hydrogen (secondary N) is 1. The predicted octanol–water partition coefficient (Wildman–Crippen LogP) is 3.99. The fourth-order valence-electron chi connectivity index (χ4n) is 3.89. The first-order valence-corrected chi connectivity index (χ1v) is 10.1. The number of allylic oxidation sites excluding steroid dienone is 1. The molecule has 2 aliphatic heterocycles. The smallest absolute Gasteiger partial charge is 0.246 e. The molecule has 1 aromatic heterocycles. The summed E-state index contributed by atoms with van der Waals surface area (Å²) in [6.45, 7) is 3.51. The van der Waals surface area contributed by atoms with Gasteiger partial charge in [-0.1, -0.05) is 30.3 Å². The number of hydrogen-bond donors (Lipinski definition) is 1. The van der Waals surface area contributed by atoms with Gasteiger partial charge in [-0.3, -0.25) is 9.59 Å². The molecule has 0 spiro atoms. The molecule has 148 valence electrons. The van der Waals surface area contributed by atoms with Crippen LogP contribution in [0.1, 0.15) is 41.5 Å². The molecule has 2 aliphatic rings.